The molecule has 2 aromatic carbocycles. The molecule has 29 heavy (non-hydrogen) atoms. The van der Waals surface area contributed by atoms with Crippen LogP contribution in [0.1, 0.15) is 24.5 Å². The van der Waals surface area contributed by atoms with Gasteiger partial charge in [-0.25, -0.2) is 0 Å². The van der Waals surface area contributed by atoms with Crippen molar-refractivity contribution in [3.05, 3.63) is 64.6 Å². The zero-order valence-electron chi connectivity index (χ0n) is 16.3. The molecule has 1 aliphatic rings. The van der Waals surface area contributed by atoms with E-state index in [4.69, 9.17) is 17.0 Å². The van der Waals surface area contributed by atoms with Crippen molar-refractivity contribution in [3.8, 4) is 5.75 Å². The molecule has 150 valence electrons. The number of para-hydroxylation sites is 2. The normalized spacial score (nSPS) is 15.1. The van der Waals surface area contributed by atoms with Crippen LogP contribution in [0.5, 0.6) is 5.75 Å². The molecule has 0 aromatic heterocycles. The van der Waals surface area contributed by atoms with Gasteiger partial charge in [-0.1, -0.05) is 65.9 Å². The zero-order valence-corrected chi connectivity index (χ0v) is 17.9. The Bertz CT molecular complexity index is 955. The number of ether oxygens (including phenoxy) is 1. The molecule has 3 rings (SSSR count). The fourth-order valence-corrected chi connectivity index (χ4v) is 4.09. The number of amides is 2. The standard InChI is InChI=1S/C22H22N2O3S2/c1-3-27-18-7-5-4-6-17(18)23-20(25)12-13-24-21(26)19(29-22(24)28)14-16-10-8-15(2)9-11-16/h4-11,14H,3,12-13H2,1-2H3,(H,23,25). The monoisotopic (exact) mass is 426 g/mol. The summed E-state index contributed by atoms with van der Waals surface area (Å²) in [5.41, 5.74) is 2.72. The van der Waals surface area contributed by atoms with Crippen LogP contribution in [-0.4, -0.2) is 34.2 Å². The third-order valence-corrected chi connectivity index (χ3v) is 5.65. The van der Waals surface area contributed by atoms with Gasteiger partial charge in [0.15, 0.2) is 0 Å². The third-order valence-electron chi connectivity index (χ3n) is 4.27. The van der Waals surface area contributed by atoms with Gasteiger partial charge < -0.3 is 10.1 Å². The number of benzene rings is 2. The highest BCUT2D eigenvalue weighted by atomic mass is 32.2. The largest absolute Gasteiger partial charge is 0.492 e. The smallest absolute Gasteiger partial charge is 0.266 e. The summed E-state index contributed by atoms with van der Waals surface area (Å²) in [7, 11) is 0. The molecule has 0 radical (unpaired) electrons. The molecule has 0 bridgehead atoms. The molecule has 1 saturated heterocycles. The Balaban J connectivity index is 1.60. The number of rotatable bonds is 7. The highest BCUT2D eigenvalue weighted by molar-refractivity contribution is 8.26. The lowest BCUT2D eigenvalue weighted by Crippen LogP contribution is -2.31. The fraction of sp³-hybridized carbons (Fsp3) is 0.227. The number of aryl methyl sites for hydroxylation is 1. The maximum absolute atomic E-state index is 12.7. The number of hydrogen-bond donors (Lipinski definition) is 1. The Morgan fingerprint density at radius 1 is 1.21 bits per heavy atom. The van der Waals surface area contributed by atoms with Crippen molar-refractivity contribution >= 4 is 51.9 Å². The molecular weight excluding hydrogens is 404 g/mol. The van der Waals surface area contributed by atoms with Crippen molar-refractivity contribution in [2.24, 2.45) is 0 Å². The molecule has 0 saturated carbocycles. The van der Waals surface area contributed by atoms with E-state index in [2.05, 4.69) is 5.32 Å². The highest BCUT2D eigenvalue weighted by Gasteiger charge is 2.32. The average Bonchev–Trinajstić information content (AvgIpc) is 2.96. The van der Waals surface area contributed by atoms with E-state index in [9.17, 15) is 9.59 Å². The van der Waals surface area contributed by atoms with Crippen molar-refractivity contribution < 1.29 is 14.3 Å². The second-order valence-corrected chi connectivity index (χ2v) is 8.15. The molecule has 1 fully saturated rings. The lowest BCUT2D eigenvalue weighted by Gasteiger charge is -2.15. The first-order valence-corrected chi connectivity index (χ1v) is 10.5. The molecule has 0 aliphatic carbocycles. The van der Waals surface area contributed by atoms with Crippen molar-refractivity contribution in [1.29, 1.82) is 0 Å². The van der Waals surface area contributed by atoms with E-state index in [1.807, 2.05) is 56.3 Å². The quantitative estimate of drug-likeness (QED) is 0.517. The molecule has 0 atom stereocenters. The predicted molar refractivity (Wildman–Crippen MR) is 122 cm³/mol. The summed E-state index contributed by atoms with van der Waals surface area (Å²) in [5.74, 6) is 0.256. The van der Waals surface area contributed by atoms with Gasteiger partial charge in [0, 0.05) is 13.0 Å². The van der Waals surface area contributed by atoms with Gasteiger partial charge >= 0.3 is 0 Å². The minimum atomic E-state index is -0.200. The summed E-state index contributed by atoms with van der Waals surface area (Å²) in [6.07, 6.45) is 1.97. The second-order valence-electron chi connectivity index (χ2n) is 6.47. The van der Waals surface area contributed by atoms with E-state index >= 15 is 0 Å². The number of thioether (sulfide) groups is 1. The van der Waals surface area contributed by atoms with Gasteiger partial charge in [-0.05, 0) is 37.6 Å². The Hall–Kier alpha value is -2.64. The van der Waals surface area contributed by atoms with Crippen LogP contribution >= 0.6 is 24.0 Å². The van der Waals surface area contributed by atoms with Crippen molar-refractivity contribution in [2.45, 2.75) is 20.3 Å². The molecule has 7 heteroatoms. The van der Waals surface area contributed by atoms with Crippen LogP contribution in [0.3, 0.4) is 0 Å². The molecule has 1 heterocycles. The number of anilines is 1. The molecule has 5 nitrogen and oxygen atoms in total. The van der Waals surface area contributed by atoms with Gasteiger partial charge in [-0.15, -0.1) is 0 Å². The van der Waals surface area contributed by atoms with Crippen LogP contribution in [0.4, 0.5) is 5.69 Å². The van der Waals surface area contributed by atoms with Gasteiger partial charge in [0.25, 0.3) is 5.91 Å². The van der Waals surface area contributed by atoms with E-state index in [1.54, 1.807) is 12.1 Å². The maximum atomic E-state index is 12.7. The molecule has 0 unspecified atom stereocenters. The molecular formula is C22H22N2O3S2. The molecule has 1 N–H and O–H groups in total. The summed E-state index contributed by atoms with van der Waals surface area (Å²) in [6.45, 7) is 4.65. The van der Waals surface area contributed by atoms with Crippen molar-refractivity contribution in [3.63, 3.8) is 0 Å². The van der Waals surface area contributed by atoms with Gasteiger partial charge in [-0.2, -0.15) is 0 Å². The number of carbonyl (C=O) groups is 2. The molecule has 0 spiro atoms. The Morgan fingerprint density at radius 3 is 2.66 bits per heavy atom. The van der Waals surface area contributed by atoms with Gasteiger partial charge in [0.05, 0.1) is 17.2 Å². The van der Waals surface area contributed by atoms with Gasteiger partial charge in [0.1, 0.15) is 10.1 Å². The highest BCUT2D eigenvalue weighted by Crippen LogP contribution is 2.32. The Morgan fingerprint density at radius 2 is 1.93 bits per heavy atom. The molecule has 2 amide bonds. The Kier molecular flexibility index (Phi) is 7.06. The Labute approximate surface area is 180 Å². The number of thiocarbonyl (C=S) groups is 1. The maximum Gasteiger partial charge on any atom is 0.266 e. The summed E-state index contributed by atoms with van der Waals surface area (Å²) in [5, 5.41) is 2.84. The first-order valence-electron chi connectivity index (χ1n) is 9.31. The van der Waals surface area contributed by atoms with E-state index in [1.165, 1.54) is 16.7 Å². The van der Waals surface area contributed by atoms with Crippen molar-refractivity contribution in [1.82, 2.24) is 4.90 Å². The van der Waals surface area contributed by atoms with Gasteiger partial charge in [-0.3, -0.25) is 14.5 Å². The summed E-state index contributed by atoms with van der Waals surface area (Å²) >= 11 is 6.61. The van der Waals surface area contributed by atoms with Crippen LogP contribution in [0, 0.1) is 6.92 Å². The third kappa shape index (κ3) is 5.46. The van der Waals surface area contributed by atoms with Crippen LogP contribution in [0.2, 0.25) is 0 Å². The van der Waals surface area contributed by atoms with Crippen LogP contribution < -0.4 is 10.1 Å². The second kappa shape index (κ2) is 9.71. The van der Waals surface area contributed by atoms with E-state index in [0.717, 1.165) is 11.1 Å². The van der Waals surface area contributed by atoms with E-state index in [0.29, 0.717) is 27.3 Å². The minimum Gasteiger partial charge on any atom is -0.492 e. The molecule has 2 aromatic rings. The summed E-state index contributed by atoms with van der Waals surface area (Å²) in [4.78, 5) is 27.1. The first kappa shape index (κ1) is 21.1. The first-order chi connectivity index (χ1) is 14.0. The van der Waals surface area contributed by atoms with E-state index < -0.39 is 0 Å². The SMILES string of the molecule is CCOc1ccccc1NC(=O)CCN1C(=O)C(=Cc2ccc(C)cc2)SC1=S. The van der Waals surface area contributed by atoms with E-state index in [-0.39, 0.29) is 24.8 Å². The van der Waals surface area contributed by atoms with Crippen LogP contribution in [0.25, 0.3) is 6.08 Å². The summed E-state index contributed by atoms with van der Waals surface area (Å²) < 4.78 is 5.99. The fourth-order valence-electron chi connectivity index (χ4n) is 2.78. The van der Waals surface area contributed by atoms with Crippen molar-refractivity contribution in [2.75, 3.05) is 18.5 Å². The zero-order chi connectivity index (χ0) is 20.8. The number of nitrogens with zero attached hydrogens (tertiary/aromatic N) is 1. The number of nitrogens with one attached hydrogen (secondary N) is 1. The van der Waals surface area contributed by atoms with Crippen LogP contribution in [-0.2, 0) is 9.59 Å². The molecule has 1 aliphatic heterocycles. The number of carbonyl (C=O) groups excluding carboxylic acids is 2. The number of hydrogen-bond acceptors (Lipinski definition) is 5. The minimum absolute atomic E-state index is 0.144. The van der Waals surface area contributed by atoms with Crippen LogP contribution in [0.15, 0.2) is 53.4 Å². The average molecular weight is 427 g/mol. The lowest BCUT2D eigenvalue weighted by molar-refractivity contribution is -0.122. The topological polar surface area (TPSA) is 58.6 Å². The lowest BCUT2D eigenvalue weighted by atomic mass is 10.1. The summed E-state index contributed by atoms with van der Waals surface area (Å²) in [6, 6.07) is 15.2. The van der Waals surface area contributed by atoms with Gasteiger partial charge in [0.2, 0.25) is 5.91 Å². The predicted octanol–water partition coefficient (Wildman–Crippen LogP) is 4.62.